The number of aryl methyl sites for hydroxylation is 1. The van der Waals surface area contributed by atoms with Crippen LogP contribution in [0.4, 0.5) is 13.2 Å². The standard InChI is InChI=1S/C8H5BrF3I/c1-4-2-5(13)3-6(9)7(4)8(10,11)12/h2-3H,1H3. The minimum absolute atomic E-state index is 0.101. The molecule has 0 aliphatic rings. The van der Waals surface area contributed by atoms with Gasteiger partial charge in [0.25, 0.3) is 0 Å². The van der Waals surface area contributed by atoms with E-state index in [-0.39, 0.29) is 10.0 Å². The fourth-order valence-corrected chi connectivity index (χ4v) is 3.05. The number of benzene rings is 1. The Bertz CT molecular complexity index is 310. The summed E-state index contributed by atoms with van der Waals surface area (Å²) in [5, 5.41) is 0. The van der Waals surface area contributed by atoms with Gasteiger partial charge in [0.05, 0.1) is 5.56 Å². The smallest absolute Gasteiger partial charge is 0.166 e. The van der Waals surface area contributed by atoms with Crippen molar-refractivity contribution in [1.29, 1.82) is 0 Å². The maximum Gasteiger partial charge on any atom is 0.417 e. The average molecular weight is 365 g/mol. The van der Waals surface area contributed by atoms with Crippen molar-refractivity contribution in [1.82, 2.24) is 0 Å². The molecule has 5 heteroatoms. The summed E-state index contributed by atoms with van der Waals surface area (Å²) in [6.45, 7) is 1.45. The van der Waals surface area contributed by atoms with Crippen molar-refractivity contribution in [2.75, 3.05) is 0 Å². The van der Waals surface area contributed by atoms with E-state index in [1.807, 2.05) is 22.6 Å². The van der Waals surface area contributed by atoms with Gasteiger partial charge in [0.1, 0.15) is 0 Å². The van der Waals surface area contributed by atoms with Crippen molar-refractivity contribution in [3.05, 3.63) is 31.3 Å². The summed E-state index contributed by atoms with van der Waals surface area (Å²) < 4.78 is 38.1. The molecule has 0 aliphatic heterocycles. The van der Waals surface area contributed by atoms with Crippen LogP contribution in [0.25, 0.3) is 0 Å². The zero-order valence-corrected chi connectivity index (χ0v) is 10.3. The third kappa shape index (κ3) is 2.59. The monoisotopic (exact) mass is 364 g/mol. The van der Waals surface area contributed by atoms with Crippen LogP contribution in [0.15, 0.2) is 16.6 Å². The number of hydrogen-bond acceptors (Lipinski definition) is 0. The first-order valence-electron chi connectivity index (χ1n) is 3.35. The molecule has 0 bridgehead atoms. The van der Waals surface area contributed by atoms with Crippen LogP contribution in [0.1, 0.15) is 11.1 Å². The number of rotatable bonds is 0. The highest BCUT2D eigenvalue weighted by molar-refractivity contribution is 14.1. The number of halogens is 5. The third-order valence-corrected chi connectivity index (χ3v) is 2.78. The molecule has 0 fully saturated rings. The first-order chi connectivity index (χ1) is 5.82. The fourth-order valence-electron chi connectivity index (χ4n) is 1.06. The predicted octanol–water partition coefficient (Wildman–Crippen LogP) is 4.38. The molecule has 0 aromatic heterocycles. The van der Waals surface area contributed by atoms with Gasteiger partial charge in [0.15, 0.2) is 0 Å². The Balaban J connectivity index is 3.38. The molecular weight excluding hydrogens is 360 g/mol. The lowest BCUT2D eigenvalue weighted by Crippen LogP contribution is -2.08. The first-order valence-corrected chi connectivity index (χ1v) is 5.22. The normalized spacial score (nSPS) is 11.8. The zero-order valence-electron chi connectivity index (χ0n) is 6.54. The molecule has 13 heavy (non-hydrogen) atoms. The Morgan fingerprint density at radius 3 is 2.23 bits per heavy atom. The van der Waals surface area contributed by atoms with Crippen LogP contribution in [-0.4, -0.2) is 0 Å². The van der Waals surface area contributed by atoms with E-state index in [9.17, 15) is 13.2 Å². The van der Waals surface area contributed by atoms with E-state index in [1.165, 1.54) is 19.1 Å². The zero-order chi connectivity index (χ0) is 10.2. The lowest BCUT2D eigenvalue weighted by Gasteiger charge is -2.12. The Morgan fingerprint density at radius 1 is 1.31 bits per heavy atom. The van der Waals surface area contributed by atoms with Gasteiger partial charge in [-0.3, -0.25) is 0 Å². The molecule has 0 atom stereocenters. The van der Waals surface area contributed by atoms with Gasteiger partial charge in [-0.25, -0.2) is 0 Å². The maximum atomic E-state index is 12.4. The Kier molecular flexibility index (Phi) is 3.27. The minimum atomic E-state index is -4.28. The fraction of sp³-hybridized carbons (Fsp3) is 0.250. The summed E-state index contributed by atoms with van der Waals surface area (Å²) in [7, 11) is 0. The van der Waals surface area contributed by atoms with E-state index in [2.05, 4.69) is 15.9 Å². The summed E-state index contributed by atoms with van der Waals surface area (Å²) in [5.41, 5.74) is -0.348. The van der Waals surface area contributed by atoms with Crippen LogP contribution in [0.5, 0.6) is 0 Å². The molecule has 0 radical (unpaired) electrons. The van der Waals surface area contributed by atoms with Crippen LogP contribution in [0, 0.1) is 10.5 Å². The van der Waals surface area contributed by atoms with Gasteiger partial charge in [-0.2, -0.15) is 13.2 Å². The molecule has 0 unspecified atom stereocenters. The van der Waals surface area contributed by atoms with E-state index in [0.717, 1.165) is 3.57 Å². The highest BCUT2D eigenvalue weighted by atomic mass is 127. The molecular formula is C8H5BrF3I. The maximum absolute atomic E-state index is 12.4. The van der Waals surface area contributed by atoms with E-state index >= 15 is 0 Å². The first kappa shape index (κ1) is 11.3. The Morgan fingerprint density at radius 2 is 1.85 bits per heavy atom. The summed E-state index contributed by atoms with van der Waals surface area (Å²) in [6, 6.07) is 2.96. The van der Waals surface area contributed by atoms with Crippen molar-refractivity contribution in [2.24, 2.45) is 0 Å². The molecule has 1 aromatic carbocycles. The van der Waals surface area contributed by atoms with Gasteiger partial charge in [-0.1, -0.05) is 15.9 Å². The van der Waals surface area contributed by atoms with Crippen molar-refractivity contribution < 1.29 is 13.2 Å². The molecule has 0 amide bonds. The highest BCUT2D eigenvalue weighted by Gasteiger charge is 2.34. The van der Waals surface area contributed by atoms with Gasteiger partial charge < -0.3 is 0 Å². The molecule has 1 rings (SSSR count). The van der Waals surface area contributed by atoms with Gasteiger partial charge in [0.2, 0.25) is 0 Å². The van der Waals surface area contributed by atoms with Gasteiger partial charge in [-0.05, 0) is 47.2 Å². The van der Waals surface area contributed by atoms with Crippen LogP contribution < -0.4 is 0 Å². The van der Waals surface area contributed by atoms with Gasteiger partial charge in [0, 0.05) is 8.04 Å². The van der Waals surface area contributed by atoms with Crippen LogP contribution in [-0.2, 0) is 6.18 Å². The molecule has 72 valence electrons. The summed E-state index contributed by atoms with van der Waals surface area (Å²) in [4.78, 5) is 0. The summed E-state index contributed by atoms with van der Waals surface area (Å²) in [6.07, 6.45) is -4.28. The van der Waals surface area contributed by atoms with E-state index in [4.69, 9.17) is 0 Å². The lowest BCUT2D eigenvalue weighted by molar-refractivity contribution is -0.138. The molecule has 0 saturated heterocycles. The van der Waals surface area contributed by atoms with Gasteiger partial charge >= 0.3 is 6.18 Å². The van der Waals surface area contributed by atoms with Gasteiger partial charge in [-0.15, -0.1) is 0 Å². The predicted molar refractivity (Wildman–Crippen MR) is 56.6 cm³/mol. The SMILES string of the molecule is Cc1cc(I)cc(Br)c1C(F)(F)F. The van der Waals surface area contributed by atoms with Crippen molar-refractivity contribution >= 4 is 38.5 Å². The van der Waals surface area contributed by atoms with Crippen molar-refractivity contribution in [3.63, 3.8) is 0 Å². The molecule has 0 heterocycles. The van der Waals surface area contributed by atoms with Crippen LogP contribution in [0.2, 0.25) is 0 Å². The molecule has 0 nitrogen and oxygen atoms in total. The minimum Gasteiger partial charge on any atom is -0.166 e. The second kappa shape index (κ2) is 3.76. The van der Waals surface area contributed by atoms with Crippen LogP contribution in [0.3, 0.4) is 0 Å². The van der Waals surface area contributed by atoms with E-state index < -0.39 is 11.7 Å². The van der Waals surface area contributed by atoms with Crippen molar-refractivity contribution in [2.45, 2.75) is 13.1 Å². The molecule has 0 N–H and O–H groups in total. The molecule has 0 aliphatic carbocycles. The second-order valence-electron chi connectivity index (χ2n) is 2.58. The summed E-state index contributed by atoms with van der Waals surface area (Å²) in [5.74, 6) is 0. The number of hydrogen-bond donors (Lipinski definition) is 0. The molecule has 0 spiro atoms. The number of alkyl halides is 3. The quantitative estimate of drug-likeness (QED) is 0.599. The van der Waals surface area contributed by atoms with Crippen LogP contribution >= 0.6 is 38.5 Å². The molecule has 0 saturated carbocycles. The summed E-state index contributed by atoms with van der Waals surface area (Å²) >= 11 is 4.89. The van der Waals surface area contributed by atoms with E-state index in [0.29, 0.717) is 0 Å². The average Bonchev–Trinajstić information content (AvgIpc) is 1.78. The third-order valence-electron chi connectivity index (χ3n) is 1.54. The second-order valence-corrected chi connectivity index (χ2v) is 4.68. The molecule has 1 aromatic rings. The Hall–Kier alpha value is 0.220. The Labute approximate surface area is 95.8 Å². The van der Waals surface area contributed by atoms with Crippen molar-refractivity contribution in [3.8, 4) is 0 Å². The van der Waals surface area contributed by atoms with E-state index in [1.54, 1.807) is 0 Å². The largest absolute Gasteiger partial charge is 0.417 e. The lowest BCUT2D eigenvalue weighted by atomic mass is 10.1. The highest BCUT2D eigenvalue weighted by Crippen LogP contribution is 2.37. The topological polar surface area (TPSA) is 0 Å².